The molecule has 0 radical (unpaired) electrons. The Kier molecular flexibility index (Phi) is 8.02. The first kappa shape index (κ1) is 21.1. The molecular weight excluding hydrogens is 456 g/mol. The molecule has 1 aromatic heterocycles. The van der Waals surface area contributed by atoms with E-state index in [0.717, 1.165) is 42.1 Å². The largest absolute Gasteiger partial charge is 0.356 e. The fraction of sp³-hybridized carbons (Fsp3) is 0.300. The number of halogens is 2. The average molecular weight is 481 g/mol. The molecule has 3 aromatic rings. The third-order valence-electron chi connectivity index (χ3n) is 4.30. The summed E-state index contributed by atoms with van der Waals surface area (Å²) < 4.78 is 15.5. The molecule has 0 spiro atoms. The van der Waals surface area contributed by atoms with Crippen LogP contribution in [-0.2, 0) is 13.1 Å². The van der Waals surface area contributed by atoms with E-state index in [2.05, 4.69) is 31.2 Å². The lowest BCUT2D eigenvalue weighted by Crippen LogP contribution is -2.37. The molecule has 0 aliphatic heterocycles. The van der Waals surface area contributed by atoms with Crippen molar-refractivity contribution >= 4 is 41.0 Å². The minimum atomic E-state index is -0.178. The molecule has 2 N–H and O–H groups in total. The zero-order chi connectivity index (χ0) is 18.4. The maximum Gasteiger partial charge on any atom is 0.191 e. The van der Waals surface area contributed by atoms with E-state index in [4.69, 9.17) is 0 Å². The molecule has 0 bridgehead atoms. The van der Waals surface area contributed by atoms with Crippen LogP contribution in [0.15, 0.2) is 53.8 Å². The fourth-order valence-corrected chi connectivity index (χ4v) is 2.87. The molecule has 0 saturated carbocycles. The Bertz CT molecular complexity index is 906. The van der Waals surface area contributed by atoms with Crippen LogP contribution in [0.25, 0.3) is 11.0 Å². The van der Waals surface area contributed by atoms with Crippen LogP contribution >= 0.6 is 24.0 Å². The lowest BCUT2D eigenvalue weighted by Gasteiger charge is -2.12. The van der Waals surface area contributed by atoms with Gasteiger partial charge in [0.15, 0.2) is 5.96 Å². The first-order valence-corrected chi connectivity index (χ1v) is 8.77. The van der Waals surface area contributed by atoms with Gasteiger partial charge >= 0.3 is 0 Å². The van der Waals surface area contributed by atoms with Crippen molar-refractivity contribution in [3.8, 4) is 0 Å². The summed E-state index contributed by atoms with van der Waals surface area (Å²) in [5.41, 5.74) is 3.85. The van der Waals surface area contributed by atoms with Gasteiger partial charge in [0.05, 0.1) is 17.4 Å². The van der Waals surface area contributed by atoms with Gasteiger partial charge in [0.25, 0.3) is 0 Å². The van der Waals surface area contributed by atoms with Crippen molar-refractivity contribution in [2.24, 2.45) is 4.99 Å². The van der Waals surface area contributed by atoms with Crippen LogP contribution in [-0.4, -0.2) is 29.1 Å². The minimum Gasteiger partial charge on any atom is -0.356 e. The second kappa shape index (κ2) is 10.2. The van der Waals surface area contributed by atoms with Crippen LogP contribution < -0.4 is 10.6 Å². The SMILES string of the molecule is CN=C(NCCCn1cnc2ccccc21)NCc1ccc(F)c(C)c1.I. The third-order valence-corrected chi connectivity index (χ3v) is 4.30. The van der Waals surface area contributed by atoms with Gasteiger partial charge in [0.2, 0.25) is 0 Å². The Hall–Kier alpha value is -2.16. The summed E-state index contributed by atoms with van der Waals surface area (Å²) in [6, 6.07) is 13.3. The van der Waals surface area contributed by atoms with Gasteiger partial charge < -0.3 is 15.2 Å². The van der Waals surface area contributed by atoms with Gasteiger partial charge in [0, 0.05) is 26.7 Å². The number of benzene rings is 2. The molecule has 0 fully saturated rings. The van der Waals surface area contributed by atoms with E-state index in [1.165, 1.54) is 6.07 Å². The summed E-state index contributed by atoms with van der Waals surface area (Å²) in [4.78, 5) is 8.63. The molecule has 27 heavy (non-hydrogen) atoms. The average Bonchev–Trinajstić information content (AvgIpc) is 3.07. The predicted octanol–water partition coefficient (Wildman–Crippen LogP) is 3.86. The van der Waals surface area contributed by atoms with E-state index in [-0.39, 0.29) is 29.8 Å². The number of guanidine groups is 1. The first-order valence-electron chi connectivity index (χ1n) is 8.77. The summed E-state index contributed by atoms with van der Waals surface area (Å²) in [5, 5.41) is 6.56. The number of fused-ring (bicyclic) bond motifs is 1. The van der Waals surface area contributed by atoms with E-state index < -0.39 is 0 Å². The van der Waals surface area contributed by atoms with Crippen molar-refractivity contribution in [2.75, 3.05) is 13.6 Å². The summed E-state index contributed by atoms with van der Waals surface area (Å²) in [6.45, 7) is 4.06. The number of nitrogens with one attached hydrogen (secondary N) is 2. The van der Waals surface area contributed by atoms with Crippen LogP contribution in [0, 0.1) is 12.7 Å². The molecule has 0 aliphatic rings. The van der Waals surface area contributed by atoms with Gasteiger partial charge in [-0.25, -0.2) is 9.37 Å². The molecular formula is C20H25FIN5. The van der Waals surface area contributed by atoms with E-state index in [9.17, 15) is 4.39 Å². The normalized spacial score (nSPS) is 11.3. The fourth-order valence-electron chi connectivity index (χ4n) is 2.87. The highest BCUT2D eigenvalue weighted by Crippen LogP contribution is 2.12. The summed E-state index contributed by atoms with van der Waals surface area (Å²) in [7, 11) is 1.74. The molecule has 2 aromatic carbocycles. The number of imidazole rings is 1. The van der Waals surface area contributed by atoms with Crippen LogP contribution in [0.4, 0.5) is 4.39 Å². The molecule has 3 rings (SSSR count). The topological polar surface area (TPSA) is 54.2 Å². The lowest BCUT2D eigenvalue weighted by molar-refractivity contribution is 0.617. The van der Waals surface area contributed by atoms with Gasteiger partial charge in [-0.15, -0.1) is 24.0 Å². The van der Waals surface area contributed by atoms with Gasteiger partial charge in [-0.05, 0) is 42.7 Å². The lowest BCUT2D eigenvalue weighted by atomic mass is 10.1. The zero-order valence-electron chi connectivity index (χ0n) is 15.6. The monoisotopic (exact) mass is 481 g/mol. The number of rotatable bonds is 6. The number of para-hydroxylation sites is 2. The van der Waals surface area contributed by atoms with Crippen molar-refractivity contribution in [1.29, 1.82) is 0 Å². The third kappa shape index (κ3) is 5.66. The quantitative estimate of drug-likeness (QED) is 0.244. The number of hydrogen-bond acceptors (Lipinski definition) is 2. The van der Waals surface area contributed by atoms with Crippen molar-refractivity contribution < 1.29 is 4.39 Å². The Balaban J connectivity index is 0.00000261. The van der Waals surface area contributed by atoms with E-state index >= 15 is 0 Å². The second-order valence-electron chi connectivity index (χ2n) is 6.22. The van der Waals surface area contributed by atoms with Gasteiger partial charge in [-0.1, -0.05) is 24.3 Å². The Morgan fingerprint density at radius 1 is 1.19 bits per heavy atom. The summed E-state index contributed by atoms with van der Waals surface area (Å²) in [6.07, 6.45) is 2.84. The second-order valence-corrected chi connectivity index (χ2v) is 6.22. The predicted molar refractivity (Wildman–Crippen MR) is 119 cm³/mol. The Morgan fingerprint density at radius 3 is 2.78 bits per heavy atom. The number of aryl methyl sites for hydroxylation is 2. The van der Waals surface area contributed by atoms with Gasteiger partial charge in [0.1, 0.15) is 5.82 Å². The molecule has 5 nitrogen and oxygen atoms in total. The first-order chi connectivity index (χ1) is 12.7. The van der Waals surface area contributed by atoms with Gasteiger partial charge in [-0.2, -0.15) is 0 Å². The molecule has 0 amide bonds. The number of aromatic nitrogens is 2. The molecule has 7 heteroatoms. The van der Waals surface area contributed by atoms with E-state index in [1.807, 2.05) is 30.6 Å². The number of hydrogen-bond donors (Lipinski definition) is 2. The Labute approximate surface area is 176 Å². The summed E-state index contributed by atoms with van der Waals surface area (Å²) >= 11 is 0. The molecule has 1 heterocycles. The van der Waals surface area contributed by atoms with Gasteiger partial charge in [-0.3, -0.25) is 4.99 Å². The molecule has 0 aliphatic carbocycles. The smallest absolute Gasteiger partial charge is 0.191 e. The van der Waals surface area contributed by atoms with Crippen LogP contribution in [0.5, 0.6) is 0 Å². The van der Waals surface area contributed by atoms with E-state index in [0.29, 0.717) is 12.1 Å². The number of aliphatic imine (C=N–C) groups is 1. The zero-order valence-corrected chi connectivity index (χ0v) is 17.9. The van der Waals surface area contributed by atoms with Crippen molar-refractivity contribution in [3.05, 3.63) is 65.7 Å². The minimum absolute atomic E-state index is 0. The van der Waals surface area contributed by atoms with Crippen LogP contribution in [0.3, 0.4) is 0 Å². The molecule has 144 valence electrons. The Morgan fingerprint density at radius 2 is 2.00 bits per heavy atom. The maximum absolute atomic E-state index is 13.3. The molecule has 0 unspecified atom stereocenters. The van der Waals surface area contributed by atoms with E-state index in [1.54, 1.807) is 20.0 Å². The molecule has 0 saturated heterocycles. The van der Waals surface area contributed by atoms with Crippen LogP contribution in [0.1, 0.15) is 17.5 Å². The highest BCUT2D eigenvalue weighted by molar-refractivity contribution is 14.0. The maximum atomic E-state index is 13.3. The van der Waals surface area contributed by atoms with Crippen LogP contribution in [0.2, 0.25) is 0 Å². The summed E-state index contributed by atoms with van der Waals surface area (Å²) in [5.74, 6) is 0.561. The highest BCUT2D eigenvalue weighted by Gasteiger charge is 2.03. The van der Waals surface area contributed by atoms with Crippen molar-refractivity contribution in [1.82, 2.24) is 20.2 Å². The molecule has 0 atom stereocenters. The standard InChI is InChI=1S/C20H24FN5.HI/c1-15-12-16(8-9-17(15)21)13-24-20(22-2)23-10-5-11-26-14-25-18-6-3-4-7-19(18)26;/h3-4,6-9,12,14H,5,10-11,13H2,1-2H3,(H2,22,23,24);1H. The van der Waals surface area contributed by atoms with Crippen molar-refractivity contribution in [2.45, 2.75) is 26.4 Å². The number of nitrogens with zero attached hydrogens (tertiary/aromatic N) is 3. The van der Waals surface area contributed by atoms with Crippen molar-refractivity contribution in [3.63, 3.8) is 0 Å². The highest BCUT2D eigenvalue weighted by atomic mass is 127.